The number of rotatable bonds is 6. The second kappa shape index (κ2) is 8.17. The smallest absolute Gasteiger partial charge is 0.124 e. The van der Waals surface area contributed by atoms with Crippen LogP contribution in [0, 0.1) is 12.7 Å². The zero-order chi connectivity index (χ0) is 19.5. The summed E-state index contributed by atoms with van der Waals surface area (Å²) in [5.41, 5.74) is 5.83. The number of fused-ring (bicyclic) bond motifs is 1. The van der Waals surface area contributed by atoms with Gasteiger partial charge in [0, 0.05) is 41.8 Å². The summed E-state index contributed by atoms with van der Waals surface area (Å²) >= 11 is 6.23. The third-order valence-electron chi connectivity index (χ3n) is 4.99. The van der Waals surface area contributed by atoms with E-state index < -0.39 is 0 Å². The van der Waals surface area contributed by atoms with Crippen LogP contribution >= 0.6 is 11.6 Å². The fourth-order valence-electron chi connectivity index (χ4n) is 3.48. The van der Waals surface area contributed by atoms with Crippen LogP contribution in [-0.4, -0.2) is 4.57 Å². The second-order valence-corrected chi connectivity index (χ2v) is 7.53. The number of benzene rings is 3. The molecule has 0 bridgehead atoms. The fourth-order valence-corrected chi connectivity index (χ4v) is 3.70. The molecule has 1 N–H and O–H groups in total. The first-order valence-corrected chi connectivity index (χ1v) is 9.75. The van der Waals surface area contributed by atoms with Crippen LogP contribution in [0.2, 0.25) is 5.02 Å². The lowest BCUT2D eigenvalue weighted by molar-refractivity contribution is 0.626. The van der Waals surface area contributed by atoms with Crippen LogP contribution in [0.3, 0.4) is 0 Å². The van der Waals surface area contributed by atoms with Gasteiger partial charge < -0.3 is 9.88 Å². The van der Waals surface area contributed by atoms with Crippen molar-refractivity contribution in [3.8, 4) is 0 Å². The summed E-state index contributed by atoms with van der Waals surface area (Å²) in [6, 6.07) is 21.5. The SMILES string of the molecule is Cc1ccc(CNCc2cn(Cc3ccc(F)cc3Cl)c3ccccc23)cc1. The second-order valence-electron chi connectivity index (χ2n) is 7.12. The Kier molecular flexibility index (Phi) is 5.47. The summed E-state index contributed by atoms with van der Waals surface area (Å²) in [5.74, 6) is -0.313. The van der Waals surface area contributed by atoms with Crippen LogP contribution < -0.4 is 5.32 Å². The van der Waals surface area contributed by atoms with Gasteiger partial charge in [0.05, 0.1) is 0 Å². The van der Waals surface area contributed by atoms with Gasteiger partial charge in [-0.1, -0.05) is 65.7 Å². The van der Waals surface area contributed by atoms with E-state index in [1.807, 2.05) is 6.07 Å². The molecule has 142 valence electrons. The zero-order valence-electron chi connectivity index (χ0n) is 15.8. The average Bonchev–Trinajstić information content (AvgIpc) is 3.03. The fraction of sp³-hybridized carbons (Fsp3) is 0.167. The minimum atomic E-state index is -0.313. The molecule has 3 aromatic carbocycles. The third kappa shape index (κ3) is 4.11. The lowest BCUT2D eigenvalue weighted by Gasteiger charge is -2.07. The summed E-state index contributed by atoms with van der Waals surface area (Å²) in [7, 11) is 0. The minimum Gasteiger partial charge on any atom is -0.343 e. The molecule has 4 heteroatoms. The summed E-state index contributed by atoms with van der Waals surface area (Å²) in [4.78, 5) is 0. The molecule has 0 saturated heterocycles. The summed E-state index contributed by atoms with van der Waals surface area (Å²) in [6.45, 7) is 4.30. The van der Waals surface area contributed by atoms with E-state index >= 15 is 0 Å². The first-order valence-electron chi connectivity index (χ1n) is 9.37. The molecule has 0 fully saturated rings. The molecular formula is C24H22ClFN2. The van der Waals surface area contributed by atoms with Crippen molar-refractivity contribution in [1.82, 2.24) is 9.88 Å². The number of para-hydroxylation sites is 1. The maximum atomic E-state index is 13.3. The molecule has 4 rings (SSSR count). The molecule has 0 aliphatic rings. The highest BCUT2D eigenvalue weighted by Gasteiger charge is 2.10. The van der Waals surface area contributed by atoms with Gasteiger partial charge >= 0.3 is 0 Å². The lowest BCUT2D eigenvalue weighted by Crippen LogP contribution is -2.12. The molecule has 1 heterocycles. The number of nitrogens with zero attached hydrogens (tertiary/aromatic N) is 1. The summed E-state index contributed by atoms with van der Waals surface area (Å²) < 4.78 is 15.5. The Bertz CT molecular complexity index is 1100. The number of hydrogen-bond donors (Lipinski definition) is 1. The van der Waals surface area contributed by atoms with E-state index in [1.165, 1.54) is 34.2 Å². The molecule has 0 atom stereocenters. The highest BCUT2D eigenvalue weighted by Crippen LogP contribution is 2.25. The van der Waals surface area contributed by atoms with Gasteiger partial charge in [-0.15, -0.1) is 0 Å². The maximum absolute atomic E-state index is 13.3. The molecule has 1 aromatic heterocycles. The van der Waals surface area contributed by atoms with Crippen molar-refractivity contribution in [2.24, 2.45) is 0 Å². The lowest BCUT2D eigenvalue weighted by atomic mass is 10.1. The number of aromatic nitrogens is 1. The number of hydrogen-bond acceptors (Lipinski definition) is 1. The van der Waals surface area contributed by atoms with Crippen molar-refractivity contribution in [3.63, 3.8) is 0 Å². The Morgan fingerprint density at radius 2 is 1.71 bits per heavy atom. The van der Waals surface area contributed by atoms with Crippen molar-refractivity contribution in [2.45, 2.75) is 26.6 Å². The van der Waals surface area contributed by atoms with Crippen molar-refractivity contribution >= 4 is 22.5 Å². The molecule has 0 spiro atoms. The van der Waals surface area contributed by atoms with Gasteiger partial charge in [-0.3, -0.25) is 0 Å². The van der Waals surface area contributed by atoms with E-state index in [0.29, 0.717) is 11.6 Å². The first-order chi connectivity index (χ1) is 13.6. The molecule has 0 saturated carbocycles. The van der Waals surface area contributed by atoms with Crippen LogP contribution in [0.5, 0.6) is 0 Å². The van der Waals surface area contributed by atoms with Gasteiger partial charge in [-0.25, -0.2) is 4.39 Å². The van der Waals surface area contributed by atoms with Gasteiger partial charge in [0.25, 0.3) is 0 Å². The average molecular weight is 393 g/mol. The van der Waals surface area contributed by atoms with E-state index in [9.17, 15) is 4.39 Å². The van der Waals surface area contributed by atoms with Crippen molar-refractivity contribution in [1.29, 1.82) is 0 Å². The predicted octanol–water partition coefficient (Wildman–Crippen LogP) is 6.08. The highest BCUT2D eigenvalue weighted by molar-refractivity contribution is 6.31. The molecule has 0 aliphatic carbocycles. The Morgan fingerprint density at radius 3 is 2.50 bits per heavy atom. The maximum Gasteiger partial charge on any atom is 0.124 e. The zero-order valence-corrected chi connectivity index (χ0v) is 16.5. The molecule has 0 unspecified atom stereocenters. The third-order valence-corrected chi connectivity index (χ3v) is 5.34. The minimum absolute atomic E-state index is 0.313. The highest BCUT2D eigenvalue weighted by atomic mass is 35.5. The van der Waals surface area contributed by atoms with E-state index in [-0.39, 0.29) is 5.82 Å². The predicted molar refractivity (Wildman–Crippen MR) is 114 cm³/mol. The van der Waals surface area contributed by atoms with Crippen LogP contribution in [0.4, 0.5) is 4.39 Å². The summed E-state index contributed by atoms with van der Waals surface area (Å²) in [6.07, 6.45) is 2.16. The Labute approximate surface area is 169 Å². The van der Waals surface area contributed by atoms with Gasteiger partial charge in [0.2, 0.25) is 0 Å². The van der Waals surface area contributed by atoms with Crippen LogP contribution in [0.25, 0.3) is 10.9 Å². The van der Waals surface area contributed by atoms with Gasteiger partial charge in [0.15, 0.2) is 0 Å². The molecule has 2 nitrogen and oxygen atoms in total. The number of aryl methyl sites for hydroxylation is 1. The largest absolute Gasteiger partial charge is 0.343 e. The molecule has 4 aromatic rings. The van der Waals surface area contributed by atoms with Gasteiger partial charge in [0.1, 0.15) is 5.82 Å². The Hall–Kier alpha value is -2.62. The first kappa shape index (κ1) is 18.7. The monoisotopic (exact) mass is 392 g/mol. The molecule has 0 amide bonds. The normalized spacial score (nSPS) is 11.2. The Morgan fingerprint density at radius 1 is 0.929 bits per heavy atom. The number of nitrogens with one attached hydrogen (secondary N) is 1. The molecule has 0 aliphatic heterocycles. The topological polar surface area (TPSA) is 17.0 Å². The molecule has 0 radical (unpaired) electrons. The van der Waals surface area contributed by atoms with E-state index in [0.717, 1.165) is 24.2 Å². The Balaban J connectivity index is 1.55. The van der Waals surface area contributed by atoms with Crippen molar-refractivity contribution in [2.75, 3.05) is 0 Å². The quantitative estimate of drug-likeness (QED) is 0.420. The van der Waals surface area contributed by atoms with Gasteiger partial charge in [-0.05, 0) is 41.8 Å². The van der Waals surface area contributed by atoms with Crippen LogP contribution in [0.1, 0.15) is 22.3 Å². The van der Waals surface area contributed by atoms with Crippen LogP contribution in [-0.2, 0) is 19.6 Å². The van der Waals surface area contributed by atoms with Crippen molar-refractivity contribution < 1.29 is 4.39 Å². The number of halogens is 2. The van der Waals surface area contributed by atoms with E-state index in [4.69, 9.17) is 11.6 Å². The summed E-state index contributed by atoms with van der Waals surface area (Å²) in [5, 5.41) is 5.21. The standard InChI is InChI=1S/C24H22ClFN2/c1-17-6-8-18(9-7-17)13-27-14-20-16-28(24-5-3-2-4-22(20)24)15-19-10-11-21(26)12-23(19)25/h2-12,16,27H,13-15H2,1H3. The van der Waals surface area contributed by atoms with Crippen LogP contribution in [0.15, 0.2) is 72.9 Å². The van der Waals surface area contributed by atoms with E-state index in [2.05, 4.69) is 65.5 Å². The van der Waals surface area contributed by atoms with Crippen molar-refractivity contribution in [3.05, 3.63) is 106 Å². The van der Waals surface area contributed by atoms with E-state index in [1.54, 1.807) is 6.07 Å². The molecular weight excluding hydrogens is 371 g/mol. The van der Waals surface area contributed by atoms with Gasteiger partial charge in [-0.2, -0.15) is 0 Å². The molecule has 28 heavy (non-hydrogen) atoms.